The number of amides is 2. The van der Waals surface area contributed by atoms with E-state index in [1.165, 1.54) is 11.0 Å². The highest BCUT2D eigenvalue weighted by atomic mass is 16.5. The first-order valence-corrected chi connectivity index (χ1v) is 9.36. The summed E-state index contributed by atoms with van der Waals surface area (Å²) in [6, 6.07) is 12.7. The molecule has 2 aliphatic heterocycles. The van der Waals surface area contributed by atoms with Gasteiger partial charge >= 0.3 is 0 Å². The molecular weight excluding hydrogens is 356 g/mol. The van der Waals surface area contributed by atoms with E-state index in [1.54, 1.807) is 6.08 Å². The second-order valence-electron chi connectivity index (χ2n) is 6.95. The summed E-state index contributed by atoms with van der Waals surface area (Å²) >= 11 is 0. The zero-order valence-corrected chi connectivity index (χ0v) is 15.5. The molecule has 6 nitrogen and oxygen atoms in total. The Hall–Kier alpha value is -3.28. The maximum Gasteiger partial charge on any atom is 0.247 e. The summed E-state index contributed by atoms with van der Waals surface area (Å²) < 4.78 is 11.3. The minimum absolute atomic E-state index is 0.245. The number of hydrogen-bond donors (Lipinski definition) is 1. The molecule has 2 aromatic rings. The van der Waals surface area contributed by atoms with E-state index in [0.717, 1.165) is 23.1 Å². The first-order chi connectivity index (χ1) is 13.6. The number of carbonyl (C=O) groups excluding carboxylic acids is 2. The first-order valence-electron chi connectivity index (χ1n) is 9.36. The molecule has 28 heavy (non-hydrogen) atoms. The van der Waals surface area contributed by atoms with Crippen molar-refractivity contribution in [3.05, 3.63) is 65.2 Å². The molecule has 1 atom stereocenters. The zero-order valence-electron chi connectivity index (χ0n) is 15.5. The molecule has 6 heteroatoms. The number of ether oxygens (including phenoxy) is 2. The summed E-state index contributed by atoms with van der Waals surface area (Å²) in [6.45, 7) is 1.60. The van der Waals surface area contributed by atoms with Crippen LogP contribution < -0.4 is 15.2 Å². The summed E-state index contributed by atoms with van der Waals surface area (Å²) in [6.07, 6.45) is 4.47. The van der Waals surface area contributed by atoms with Gasteiger partial charge in [0.2, 0.25) is 11.8 Å². The molecule has 0 bridgehead atoms. The molecule has 0 saturated heterocycles. The molecule has 4 rings (SSSR count). The largest absolute Gasteiger partial charge is 0.490 e. The van der Waals surface area contributed by atoms with Crippen molar-refractivity contribution in [3.8, 4) is 11.5 Å². The monoisotopic (exact) mass is 378 g/mol. The SMILES string of the molecule is NC(=O)C1Cc2ccccc2CN1C(=O)/C=C/c1ccc2c(c1)OCCCO2. The molecule has 0 fully saturated rings. The number of benzene rings is 2. The van der Waals surface area contributed by atoms with Crippen LogP contribution in [0.4, 0.5) is 0 Å². The van der Waals surface area contributed by atoms with Crippen LogP contribution in [0.5, 0.6) is 11.5 Å². The third-order valence-electron chi connectivity index (χ3n) is 5.05. The van der Waals surface area contributed by atoms with Gasteiger partial charge in [-0.15, -0.1) is 0 Å². The quantitative estimate of drug-likeness (QED) is 0.831. The van der Waals surface area contributed by atoms with E-state index in [2.05, 4.69) is 0 Å². The Labute approximate surface area is 163 Å². The Morgan fingerprint density at radius 1 is 1.04 bits per heavy atom. The van der Waals surface area contributed by atoms with Crippen molar-refractivity contribution in [2.45, 2.75) is 25.4 Å². The fourth-order valence-corrected chi connectivity index (χ4v) is 3.56. The van der Waals surface area contributed by atoms with E-state index < -0.39 is 11.9 Å². The van der Waals surface area contributed by atoms with Gasteiger partial charge in [-0.1, -0.05) is 30.3 Å². The Morgan fingerprint density at radius 3 is 2.57 bits per heavy atom. The maximum absolute atomic E-state index is 12.8. The van der Waals surface area contributed by atoms with Gasteiger partial charge in [0.05, 0.1) is 13.2 Å². The number of carbonyl (C=O) groups is 2. The van der Waals surface area contributed by atoms with Crippen molar-refractivity contribution in [2.24, 2.45) is 5.73 Å². The molecule has 2 N–H and O–H groups in total. The van der Waals surface area contributed by atoms with Crippen LogP contribution in [-0.4, -0.2) is 36.0 Å². The summed E-state index contributed by atoms with van der Waals surface area (Å²) in [4.78, 5) is 26.3. The summed E-state index contributed by atoms with van der Waals surface area (Å²) in [7, 11) is 0. The van der Waals surface area contributed by atoms with Gasteiger partial charge in [0.1, 0.15) is 6.04 Å². The van der Waals surface area contributed by atoms with E-state index in [-0.39, 0.29) is 5.91 Å². The molecule has 0 saturated carbocycles. The predicted octanol–water partition coefficient (Wildman–Crippen LogP) is 2.30. The minimum atomic E-state index is -0.643. The topological polar surface area (TPSA) is 81.9 Å². The van der Waals surface area contributed by atoms with E-state index in [1.807, 2.05) is 42.5 Å². The molecule has 144 valence electrons. The van der Waals surface area contributed by atoms with Crippen LogP contribution in [0.25, 0.3) is 6.08 Å². The lowest BCUT2D eigenvalue weighted by Crippen LogP contribution is -2.50. The number of nitrogens with two attached hydrogens (primary N) is 1. The molecule has 0 spiro atoms. The van der Waals surface area contributed by atoms with Crippen molar-refractivity contribution < 1.29 is 19.1 Å². The van der Waals surface area contributed by atoms with Gasteiger partial charge in [0.25, 0.3) is 0 Å². The van der Waals surface area contributed by atoms with Gasteiger partial charge in [-0.2, -0.15) is 0 Å². The third kappa shape index (κ3) is 3.71. The average Bonchev–Trinajstić information content (AvgIpc) is 2.96. The summed E-state index contributed by atoms with van der Waals surface area (Å²) in [5.41, 5.74) is 8.48. The average molecular weight is 378 g/mol. The van der Waals surface area contributed by atoms with Crippen molar-refractivity contribution in [3.63, 3.8) is 0 Å². The molecule has 0 radical (unpaired) electrons. The molecule has 0 aromatic heterocycles. The molecule has 2 aromatic carbocycles. The number of rotatable bonds is 3. The van der Waals surface area contributed by atoms with E-state index in [9.17, 15) is 9.59 Å². The van der Waals surface area contributed by atoms with Crippen LogP contribution in [0, 0.1) is 0 Å². The molecular formula is C22H22N2O4. The van der Waals surface area contributed by atoms with Gasteiger partial charge in [-0.3, -0.25) is 9.59 Å². The van der Waals surface area contributed by atoms with Crippen molar-refractivity contribution in [1.82, 2.24) is 4.90 Å². The Bertz CT molecular complexity index is 938. The normalized spacial score (nSPS) is 18.4. The van der Waals surface area contributed by atoms with Crippen molar-refractivity contribution in [1.29, 1.82) is 0 Å². The van der Waals surface area contributed by atoms with Crippen LogP contribution >= 0.6 is 0 Å². The molecule has 2 aliphatic rings. The highest BCUT2D eigenvalue weighted by molar-refractivity contribution is 5.95. The standard InChI is InChI=1S/C22H22N2O4/c23-22(26)18-13-16-4-1-2-5-17(16)14-24(18)21(25)9-7-15-6-8-19-20(12-15)28-11-3-10-27-19/h1-2,4-9,12,18H,3,10-11,13-14H2,(H2,23,26)/b9-7+. The fraction of sp³-hybridized carbons (Fsp3) is 0.273. The van der Waals surface area contributed by atoms with Gasteiger partial charge < -0.3 is 20.1 Å². The smallest absolute Gasteiger partial charge is 0.247 e. The van der Waals surface area contributed by atoms with Gasteiger partial charge in [0.15, 0.2) is 11.5 Å². The van der Waals surface area contributed by atoms with Gasteiger partial charge in [-0.25, -0.2) is 0 Å². The molecule has 2 heterocycles. The molecule has 1 unspecified atom stereocenters. The molecule has 0 aliphatic carbocycles. The fourth-order valence-electron chi connectivity index (χ4n) is 3.56. The number of primary amides is 1. The highest BCUT2D eigenvalue weighted by Crippen LogP contribution is 2.31. The second-order valence-corrected chi connectivity index (χ2v) is 6.95. The Balaban J connectivity index is 1.54. The van der Waals surface area contributed by atoms with Gasteiger partial charge in [-0.05, 0) is 34.9 Å². The second kappa shape index (κ2) is 7.76. The molecule has 2 amide bonds. The number of nitrogens with zero attached hydrogens (tertiary/aromatic N) is 1. The minimum Gasteiger partial charge on any atom is -0.490 e. The van der Waals surface area contributed by atoms with Gasteiger partial charge in [0, 0.05) is 25.5 Å². The van der Waals surface area contributed by atoms with E-state index in [0.29, 0.717) is 37.7 Å². The predicted molar refractivity (Wildman–Crippen MR) is 105 cm³/mol. The van der Waals surface area contributed by atoms with E-state index >= 15 is 0 Å². The lowest BCUT2D eigenvalue weighted by atomic mass is 9.93. The van der Waals surface area contributed by atoms with Crippen molar-refractivity contribution >= 4 is 17.9 Å². The van der Waals surface area contributed by atoms with Crippen LogP contribution in [0.1, 0.15) is 23.1 Å². The van der Waals surface area contributed by atoms with Crippen LogP contribution in [0.15, 0.2) is 48.5 Å². The zero-order chi connectivity index (χ0) is 19.5. The van der Waals surface area contributed by atoms with E-state index in [4.69, 9.17) is 15.2 Å². The van der Waals surface area contributed by atoms with Crippen molar-refractivity contribution in [2.75, 3.05) is 13.2 Å². The summed E-state index contributed by atoms with van der Waals surface area (Å²) in [5, 5.41) is 0. The van der Waals surface area contributed by atoms with Crippen LogP contribution in [-0.2, 0) is 22.6 Å². The number of hydrogen-bond acceptors (Lipinski definition) is 4. The summed E-state index contributed by atoms with van der Waals surface area (Å²) in [5.74, 6) is 0.647. The lowest BCUT2D eigenvalue weighted by molar-refractivity contribution is -0.136. The van der Waals surface area contributed by atoms with Crippen LogP contribution in [0.3, 0.4) is 0 Å². The third-order valence-corrected chi connectivity index (χ3v) is 5.05. The number of fused-ring (bicyclic) bond motifs is 2. The Morgan fingerprint density at radius 2 is 1.79 bits per heavy atom. The van der Waals surface area contributed by atoms with Crippen LogP contribution in [0.2, 0.25) is 0 Å². The Kier molecular flexibility index (Phi) is 5.02. The highest BCUT2D eigenvalue weighted by Gasteiger charge is 2.32. The maximum atomic E-state index is 12.8. The first kappa shape index (κ1) is 18.1. The lowest BCUT2D eigenvalue weighted by Gasteiger charge is -2.34.